The van der Waals surface area contributed by atoms with E-state index in [-0.39, 0.29) is 5.41 Å². The van der Waals surface area contributed by atoms with Gasteiger partial charge in [-0.15, -0.1) is 0 Å². The predicted molar refractivity (Wildman–Crippen MR) is 83.4 cm³/mol. The summed E-state index contributed by atoms with van der Waals surface area (Å²) in [6, 6.07) is 0. The van der Waals surface area contributed by atoms with Gasteiger partial charge in [-0.1, -0.05) is 72.1 Å². The smallest absolute Gasteiger partial charge is 0.0720 e. The molecule has 1 saturated heterocycles. The van der Waals surface area contributed by atoms with Crippen LogP contribution in [0.15, 0.2) is 0 Å². The summed E-state index contributed by atoms with van der Waals surface area (Å²) in [7, 11) is 0. The highest BCUT2D eigenvalue weighted by molar-refractivity contribution is 4.97. The molecule has 114 valence electrons. The van der Waals surface area contributed by atoms with Crippen LogP contribution >= 0.6 is 0 Å². The van der Waals surface area contributed by atoms with Crippen molar-refractivity contribution < 1.29 is 5.11 Å². The van der Waals surface area contributed by atoms with Crippen LogP contribution in [0.2, 0.25) is 0 Å². The van der Waals surface area contributed by atoms with E-state index in [9.17, 15) is 5.11 Å². The first-order valence-corrected chi connectivity index (χ1v) is 8.45. The van der Waals surface area contributed by atoms with Gasteiger partial charge in [-0.05, 0) is 19.4 Å². The van der Waals surface area contributed by atoms with E-state index >= 15 is 0 Å². The van der Waals surface area contributed by atoms with Crippen LogP contribution in [-0.2, 0) is 0 Å². The maximum atomic E-state index is 10.2. The molecule has 0 spiro atoms. The summed E-state index contributed by atoms with van der Waals surface area (Å²) in [4.78, 5) is 0. The topological polar surface area (TPSA) is 32.3 Å². The Morgan fingerprint density at radius 1 is 0.895 bits per heavy atom. The summed E-state index contributed by atoms with van der Waals surface area (Å²) in [6.45, 7) is 8.20. The second-order valence-corrected chi connectivity index (χ2v) is 7.02. The van der Waals surface area contributed by atoms with Crippen LogP contribution in [0.3, 0.4) is 0 Å². The van der Waals surface area contributed by atoms with E-state index in [0.717, 1.165) is 25.9 Å². The number of hydrogen-bond acceptors (Lipinski definition) is 2. The first-order valence-electron chi connectivity index (χ1n) is 8.45. The molecule has 0 radical (unpaired) electrons. The Labute approximate surface area is 120 Å². The van der Waals surface area contributed by atoms with Gasteiger partial charge in [0, 0.05) is 12.0 Å². The largest absolute Gasteiger partial charge is 0.389 e. The highest BCUT2D eigenvalue weighted by Gasteiger charge is 2.43. The van der Waals surface area contributed by atoms with E-state index in [1.165, 1.54) is 51.4 Å². The van der Waals surface area contributed by atoms with E-state index in [1.54, 1.807) is 0 Å². The molecule has 2 rings (SSSR count). The first kappa shape index (κ1) is 17.0. The van der Waals surface area contributed by atoms with Crippen molar-refractivity contribution in [3.05, 3.63) is 0 Å². The third-order valence-corrected chi connectivity index (χ3v) is 5.13. The number of nitrogens with one attached hydrogen (secondary N) is 1. The van der Waals surface area contributed by atoms with Crippen molar-refractivity contribution in [1.82, 2.24) is 5.32 Å². The zero-order chi connectivity index (χ0) is 14.2. The number of rotatable bonds is 1. The van der Waals surface area contributed by atoms with E-state index in [2.05, 4.69) is 26.1 Å². The van der Waals surface area contributed by atoms with Crippen LogP contribution in [-0.4, -0.2) is 23.8 Å². The minimum atomic E-state index is -0.446. The average molecular weight is 269 g/mol. The summed E-state index contributed by atoms with van der Waals surface area (Å²) in [5.74, 6) is 0. The third-order valence-electron chi connectivity index (χ3n) is 5.13. The fourth-order valence-electron chi connectivity index (χ4n) is 3.27. The summed E-state index contributed by atoms with van der Waals surface area (Å²) in [5, 5.41) is 13.5. The Morgan fingerprint density at radius 3 is 1.58 bits per heavy atom. The minimum absolute atomic E-state index is 0.0278. The Morgan fingerprint density at radius 2 is 1.32 bits per heavy atom. The monoisotopic (exact) mass is 269 g/mol. The zero-order valence-electron chi connectivity index (χ0n) is 13.4. The number of aliphatic hydroxyl groups is 1. The zero-order valence-corrected chi connectivity index (χ0v) is 13.4. The third kappa shape index (κ3) is 5.43. The summed E-state index contributed by atoms with van der Waals surface area (Å²) >= 11 is 0. The van der Waals surface area contributed by atoms with Gasteiger partial charge in [0.25, 0.3) is 0 Å². The lowest BCUT2D eigenvalue weighted by molar-refractivity contribution is -0.0900. The van der Waals surface area contributed by atoms with Crippen molar-refractivity contribution in [2.24, 2.45) is 5.41 Å². The summed E-state index contributed by atoms with van der Waals surface area (Å²) in [6.07, 6.45) is 13.7. The lowest BCUT2D eigenvalue weighted by Crippen LogP contribution is -2.55. The molecule has 1 saturated carbocycles. The molecule has 0 amide bonds. The van der Waals surface area contributed by atoms with Crippen molar-refractivity contribution in [2.45, 2.75) is 90.6 Å². The molecule has 1 aliphatic carbocycles. The molecule has 0 bridgehead atoms. The maximum absolute atomic E-state index is 10.2. The molecule has 1 heterocycles. The molecule has 2 heteroatoms. The highest BCUT2D eigenvalue weighted by Crippen LogP contribution is 2.37. The van der Waals surface area contributed by atoms with E-state index in [0.29, 0.717) is 0 Å². The fourth-order valence-corrected chi connectivity index (χ4v) is 3.27. The molecule has 0 aromatic heterocycles. The van der Waals surface area contributed by atoms with E-state index in [4.69, 9.17) is 0 Å². The van der Waals surface area contributed by atoms with Gasteiger partial charge in [0.05, 0.1) is 5.60 Å². The van der Waals surface area contributed by atoms with Gasteiger partial charge in [-0.25, -0.2) is 0 Å². The second kappa shape index (κ2) is 8.26. The molecule has 19 heavy (non-hydrogen) atoms. The highest BCUT2D eigenvalue weighted by atomic mass is 16.3. The lowest BCUT2D eigenvalue weighted by atomic mass is 9.69. The van der Waals surface area contributed by atoms with Crippen LogP contribution in [0.25, 0.3) is 0 Å². The van der Waals surface area contributed by atoms with Crippen molar-refractivity contribution in [1.29, 1.82) is 0 Å². The molecule has 0 aromatic carbocycles. The van der Waals surface area contributed by atoms with Gasteiger partial charge in [0.15, 0.2) is 0 Å². The van der Waals surface area contributed by atoms with Crippen molar-refractivity contribution >= 4 is 0 Å². The number of hydrogen-bond donors (Lipinski definition) is 2. The van der Waals surface area contributed by atoms with Gasteiger partial charge in [-0.2, -0.15) is 0 Å². The van der Waals surface area contributed by atoms with Crippen LogP contribution in [0.5, 0.6) is 0 Å². The Balaban J connectivity index is 0.000000200. The van der Waals surface area contributed by atoms with Gasteiger partial charge in [0.1, 0.15) is 0 Å². The van der Waals surface area contributed by atoms with Gasteiger partial charge in [-0.3, -0.25) is 0 Å². The average Bonchev–Trinajstić information content (AvgIpc) is 2.33. The minimum Gasteiger partial charge on any atom is -0.389 e. The second-order valence-electron chi connectivity index (χ2n) is 7.02. The Kier molecular flexibility index (Phi) is 7.38. The quantitative estimate of drug-likeness (QED) is 0.745. The molecule has 1 atom stereocenters. The molecular weight excluding hydrogens is 234 g/mol. The van der Waals surface area contributed by atoms with Crippen molar-refractivity contribution in [2.75, 3.05) is 13.1 Å². The van der Waals surface area contributed by atoms with Gasteiger partial charge in [0.2, 0.25) is 0 Å². The summed E-state index contributed by atoms with van der Waals surface area (Å²) < 4.78 is 0. The maximum Gasteiger partial charge on any atom is 0.0720 e. The molecule has 1 aliphatic heterocycles. The molecule has 2 aliphatic rings. The standard InChI is InChI=1S/C9H19NO.C8H16/c1-4-9(11)5-6-10-7-8(9,2)3;1-2-4-6-8-7-5-3-1/h10-11H,4-7H2,1-3H3;1-8H2. The van der Waals surface area contributed by atoms with Crippen LogP contribution in [0, 0.1) is 5.41 Å². The van der Waals surface area contributed by atoms with E-state index < -0.39 is 5.60 Å². The van der Waals surface area contributed by atoms with Crippen molar-refractivity contribution in [3.63, 3.8) is 0 Å². The normalized spacial score (nSPS) is 31.6. The molecule has 2 fully saturated rings. The van der Waals surface area contributed by atoms with Gasteiger partial charge < -0.3 is 10.4 Å². The first-order chi connectivity index (χ1) is 9.02. The Bertz CT molecular complexity index is 215. The lowest BCUT2D eigenvalue weighted by Gasteiger charge is -2.46. The van der Waals surface area contributed by atoms with E-state index in [1.807, 2.05) is 0 Å². The van der Waals surface area contributed by atoms with Crippen LogP contribution < -0.4 is 5.32 Å². The SMILES string of the molecule is C1CCCCCCC1.CCC1(O)CCNCC1(C)C. The molecule has 2 N–H and O–H groups in total. The number of piperidine rings is 1. The molecular formula is C17H35NO. The van der Waals surface area contributed by atoms with Gasteiger partial charge >= 0.3 is 0 Å². The summed E-state index contributed by atoms with van der Waals surface area (Å²) in [5.41, 5.74) is -0.418. The Hall–Kier alpha value is -0.0800. The predicted octanol–water partition coefficient (Wildman–Crippen LogP) is 4.27. The van der Waals surface area contributed by atoms with Crippen LogP contribution in [0.1, 0.15) is 85.0 Å². The van der Waals surface area contributed by atoms with Crippen LogP contribution in [0.4, 0.5) is 0 Å². The van der Waals surface area contributed by atoms with Crippen molar-refractivity contribution in [3.8, 4) is 0 Å². The molecule has 1 unspecified atom stereocenters. The molecule has 2 nitrogen and oxygen atoms in total. The molecule has 0 aromatic rings. The fraction of sp³-hybridized carbons (Fsp3) is 1.00.